The summed E-state index contributed by atoms with van der Waals surface area (Å²) in [5.74, 6) is 1.04. The van der Waals surface area contributed by atoms with Crippen LogP contribution in [0.4, 0.5) is 5.95 Å². The molecule has 12 nitrogen and oxygen atoms in total. The molecule has 0 aromatic carbocycles. The Morgan fingerprint density at radius 3 is 2.51 bits per heavy atom. The lowest BCUT2D eigenvalue weighted by atomic mass is 10.0. The van der Waals surface area contributed by atoms with Crippen LogP contribution in [-0.2, 0) is 19.5 Å². The molecule has 1 aliphatic rings. The molecule has 0 aliphatic carbocycles. The largest absolute Gasteiger partial charge is 0.481 e. The van der Waals surface area contributed by atoms with E-state index in [9.17, 15) is 8.42 Å². The first kappa shape index (κ1) is 29.1. The number of hydrogen-bond donors (Lipinski definition) is 1. The van der Waals surface area contributed by atoms with Crippen LogP contribution in [0.15, 0.2) is 30.6 Å². The Morgan fingerprint density at radius 1 is 1.13 bits per heavy atom. The van der Waals surface area contributed by atoms with Gasteiger partial charge in [0.1, 0.15) is 17.0 Å². The van der Waals surface area contributed by atoms with E-state index in [1.165, 1.54) is 26.4 Å². The van der Waals surface area contributed by atoms with E-state index in [2.05, 4.69) is 29.9 Å². The van der Waals surface area contributed by atoms with E-state index >= 15 is 0 Å². The van der Waals surface area contributed by atoms with Crippen LogP contribution in [0.5, 0.6) is 5.88 Å². The molecular formula is C25H34ClN7O5S. The topological polar surface area (TPSA) is 143 Å². The lowest BCUT2D eigenvalue weighted by molar-refractivity contribution is -0.0116. The second-order valence-electron chi connectivity index (χ2n) is 9.65. The van der Waals surface area contributed by atoms with E-state index in [0.717, 1.165) is 19.3 Å². The summed E-state index contributed by atoms with van der Waals surface area (Å²) in [4.78, 5) is 12.9. The Morgan fingerprint density at radius 2 is 1.87 bits per heavy atom. The predicted octanol–water partition coefficient (Wildman–Crippen LogP) is 4.22. The molecule has 3 aromatic rings. The summed E-state index contributed by atoms with van der Waals surface area (Å²) >= 11 is 5.94. The van der Waals surface area contributed by atoms with Crippen LogP contribution in [0.3, 0.4) is 0 Å². The average molecular weight is 580 g/mol. The zero-order chi connectivity index (χ0) is 28.2. The van der Waals surface area contributed by atoms with E-state index in [1.54, 1.807) is 22.8 Å². The molecule has 1 fully saturated rings. The minimum atomic E-state index is -4.08. The van der Waals surface area contributed by atoms with Crippen molar-refractivity contribution < 1.29 is 22.6 Å². The van der Waals surface area contributed by atoms with Crippen LogP contribution in [-0.4, -0.2) is 69.3 Å². The summed E-state index contributed by atoms with van der Waals surface area (Å²) in [7, 11) is -2.56. The molecule has 0 radical (unpaired) electrons. The first-order chi connectivity index (χ1) is 18.6. The zero-order valence-electron chi connectivity index (χ0n) is 22.6. The Kier molecular flexibility index (Phi) is 9.36. The van der Waals surface area contributed by atoms with E-state index in [-0.39, 0.29) is 30.0 Å². The highest BCUT2D eigenvalue weighted by atomic mass is 35.5. The number of aromatic nitrogens is 6. The smallest absolute Gasteiger partial charge is 0.240 e. The number of ether oxygens (including phenoxy) is 3. The lowest BCUT2D eigenvalue weighted by Gasteiger charge is -2.30. The number of hydrogen-bond acceptors (Lipinski definition) is 10. The number of halogens is 1. The van der Waals surface area contributed by atoms with Gasteiger partial charge in [-0.1, -0.05) is 17.7 Å². The third kappa shape index (κ3) is 6.83. The molecule has 1 aliphatic heterocycles. The van der Waals surface area contributed by atoms with Gasteiger partial charge in [-0.3, -0.25) is 9.29 Å². The van der Waals surface area contributed by atoms with Crippen molar-refractivity contribution in [1.82, 2.24) is 29.7 Å². The Labute approximate surface area is 233 Å². The molecule has 4 atom stereocenters. The summed E-state index contributed by atoms with van der Waals surface area (Å²) in [5.41, 5.74) is 0.485. The first-order valence-electron chi connectivity index (χ1n) is 12.8. The van der Waals surface area contributed by atoms with Crippen molar-refractivity contribution in [2.24, 2.45) is 0 Å². The SMILES string of the molecule is COc1cccc(-c2nnc(NS(=O)(=O)[C@@H](C)[C@H](OC(C)C)c3ncc(Cl)cn3)n2[C@H](C)[C@@H]2CCCCO2)n1. The fraction of sp³-hybridized carbons (Fsp3) is 0.560. The minimum absolute atomic E-state index is 0.0449. The van der Waals surface area contributed by atoms with Crippen molar-refractivity contribution in [3.05, 3.63) is 41.4 Å². The van der Waals surface area contributed by atoms with E-state index in [4.69, 9.17) is 25.8 Å². The summed E-state index contributed by atoms with van der Waals surface area (Å²) in [6.45, 7) is 7.75. The van der Waals surface area contributed by atoms with Gasteiger partial charge in [0.15, 0.2) is 11.6 Å². The van der Waals surface area contributed by atoms with Gasteiger partial charge in [-0.05, 0) is 53.0 Å². The summed E-state index contributed by atoms with van der Waals surface area (Å²) in [6.07, 6.45) is 4.23. The quantitative estimate of drug-likeness (QED) is 0.350. The summed E-state index contributed by atoms with van der Waals surface area (Å²) < 4.78 is 49.1. The number of methoxy groups -OCH3 is 1. The van der Waals surface area contributed by atoms with Crippen LogP contribution in [0.25, 0.3) is 11.5 Å². The molecule has 1 N–H and O–H groups in total. The molecule has 4 heterocycles. The van der Waals surface area contributed by atoms with Crippen molar-refractivity contribution in [1.29, 1.82) is 0 Å². The van der Waals surface area contributed by atoms with Gasteiger partial charge in [0.05, 0.1) is 30.4 Å². The molecule has 0 amide bonds. The third-order valence-corrected chi connectivity index (χ3v) is 8.37. The van der Waals surface area contributed by atoms with Crippen molar-refractivity contribution in [3.63, 3.8) is 0 Å². The molecule has 212 valence electrons. The molecular weight excluding hydrogens is 546 g/mol. The second-order valence-corrected chi connectivity index (χ2v) is 12.1. The van der Waals surface area contributed by atoms with E-state index in [0.29, 0.717) is 29.0 Å². The third-order valence-electron chi connectivity index (χ3n) is 6.48. The zero-order valence-corrected chi connectivity index (χ0v) is 24.2. The van der Waals surface area contributed by atoms with Gasteiger partial charge in [-0.15, -0.1) is 10.2 Å². The number of sulfonamides is 1. The van der Waals surface area contributed by atoms with Gasteiger partial charge in [-0.2, -0.15) is 0 Å². The fourth-order valence-corrected chi connectivity index (χ4v) is 5.60. The molecule has 1 saturated heterocycles. The second kappa shape index (κ2) is 12.5. The average Bonchev–Trinajstić information content (AvgIpc) is 3.34. The van der Waals surface area contributed by atoms with Crippen LogP contribution in [0.2, 0.25) is 5.02 Å². The van der Waals surface area contributed by atoms with E-state index in [1.807, 2.05) is 20.8 Å². The molecule has 0 unspecified atom stereocenters. The van der Waals surface area contributed by atoms with Gasteiger partial charge in [-0.25, -0.2) is 23.4 Å². The molecule has 39 heavy (non-hydrogen) atoms. The molecule has 0 bridgehead atoms. The number of nitrogens with zero attached hydrogens (tertiary/aromatic N) is 6. The van der Waals surface area contributed by atoms with Gasteiger partial charge in [0, 0.05) is 25.1 Å². The number of rotatable bonds is 11. The Balaban J connectivity index is 1.72. The predicted molar refractivity (Wildman–Crippen MR) is 146 cm³/mol. The van der Waals surface area contributed by atoms with Crippen LogP contribution < -0.4 is 9.46 Å². The van der Waals surface area contributed by atoms with Crippen LogP contribution in [0.1, 0.15) is 64.9 Å². The first-order valence-corrected chi connectivity index (χ1v) is 14.8. The standard InChI is InChI=1S/C25H34ClN7O5S/c1-15(2)38-22(23-27-13-18(26)14-28-23)17(4)39(34,35)32-25-31-30-24(19-9-8-11-21(29-19)36-5)33(25)16(3)20-10-6-7-12-37-20/h8-9,11,13-17,20,22H,6-7,10,12H2,1-5H3,(H,31,32)/t16-,17+,20+,22+/m1/s1. The summed E-state index contributed by atoms with van der Waals surface area (Å²) in [6, 6.07) is 4.98. The molecule has 14 heteroatoms. The monoisotopic (exact) mass is 579 g/mol. The van der Waals surface area contributed by atoms with Crippen molar-refractivity contribution in [2.45, 2.75) is 76.6 Å². The molecule has 4 rings (SSSR count). The highest BCUT2D eigenvalue weighted by Gasteiger charge is 2.37. The van der Waals surface area contributed by atoms with Gasteiger partial charge < -0.3 is 14.2 Å². The van der Waals surface area contributed by atoms with Crippen LogP contribution in [0, 0.1) is 0 Å². The number of nitrogens with one attached hydrogen (secondary N) is 1. The Hall–Kier alpha value is -2.87. The maximum atomic E-state index is 13.7. The van der Waals surface area contributed by atoms with Gasteiger partial charge in [0.2, 0.25) is 21.9 Å². The lowest BCUT2D eigenvalue weighted by Crippen LogP contribution is -2.36. The van der Waals surface area contributed by atoms with Crippen molar-refractivity contribution in [2.75, 3.05) is 18.4 Å². The fourth-order valence-electron chi connectivity index (χ4n) is 4.41. The maximum Gasteiger partial charge on any atom is 0.240 e. The Bertz CT molecular complexity index is 1350. The molecule has 0 spiro atoms. The van der Waals surface area contributed by atoms with Crippen molar-refractivity contribution in [3.8, 4) is 17.4 Å². The van der Waals surface area contributed by atoms with Gasteiger partial charge >= 0.3 is 0 Å². The van der Waals surface area contributed by atoms with Crippen LogP contribution >= 0.6 is 11.6 Å². The normalized spacial score (nSPS) is 18.5. The molecule has 3 aromatic heterocycles. The summed E-state index contributed by atoms with van der Waals surface area (Å²) in [5, 5.41) is 7.80. The highest BCUT2D eigenvalue weighted by molar-refractivity contribution is 7.93. The van der Waals surface area contributed by atoms with E-state index < -0.39 is 21.4 Å². The van der Waals surface area contributed by atoms with Crippen molar-refractivity contribution >= 4 is 27.6 Å². The molecule has 0 saturated carbocycles. The number of anilines is 1. The highest BCUT2D eigenvalue weighted by Crippen LogP contribution is 2.33. The number of pyridine rings is 1. The van der Waals surface area contributed by atoms with Gasteiger partial charge in [0.25, 0.3) is 0 Å². The minimum Gasteiger partial charge on any atom is -0.481 e. The maximum absolute atomic E-state index is 13.7.